The predicted octanol–water partition coefficient (Wildman–Crippen LogP) is 1.80. The van der Waals surface area contributed by atoms with Gasteiger partial charge in [0.15, 0.2) is 0 Å². The van der Waals surface area contributed by atoms with Gasteiger partial charge in [-0.15, -0.1) is 0 Å². The van der Waals surface area contributed by atoms with Crippen LogP contribution in [0, 0.1) is 11.8 Å². The van der Waals surface area contributed by atoms with Crippen molar-refractivity contribution in [2.75, 3.05) is 19.6 Å². The maximum Gasteiger partial charge on any atom is 0.0264 e. The van der Waals surface area contributed by atoms with Gasteiger partial charge in [0.05, 0.1) is 0 Å². The molecule has 1 aliphatic carbocycles. The van der Waals surface area contributed by atoms with Crippen molar-refractivity contribution in [2.24, 2.45) is 11.8 Å². The van der Waals surface area contributed by atoms with Gasteiger partial charge in [-0.05, 0) is 44.7 Å². The van der Waals surface area contributed by atoms with Gasteiger partial charge in [-0.1, -0.05) is 24.3 Å². The van der Waals surface area contributed by atoms with E-state index in [2.05, 4.69) is 41.4 Å². The van der Waals surface area contributed by atoms with Crippen molar-refractivity contribution in [1.29, 1.82) is 0 Å². The third kappa shape index (κ3) is 1.74. The van der Waals surface area contributed by atoms with Crippen LogP contribution in [0.4, 0.5) is 0 Å². The molecule has 3 aliphatic rings. The fourth-order valence-electron chi connectivity index (χ4n) is 3.59. The Morgan fingerprint density at radius 1 is 1.31 bits per heavy atom. The fraction of sp³-hybridized carbons (Fsp3) is 0.714. The summed E-state index contributed by atoms with van der Waals surface area (Å²) in [6, 6.07) is 1.52. The van der Waals surface area contributed by atoms with Crippen LogP contribution >= 0.6 is 0 Å². The molecule has 2 heterocycles. The Morgan fingerprint density at radius 3 is 3.06 bits per heavy atom. The average Bonchev–Trinajstić information content (AvgIpc) is 2.91. The summed E-state index contributed by atoms with van der Waals surface area (Å²) in [6.07, 6.45) is 11.7. The topological polar surface area (TPSA) is 15.3 Å². The highest BCUT2D eigenvalue weighted by Crippen LogP contribution is 2.32. The Kier molecular flexibility index (Phi) is 2.86. The van der Waals surface area contributed by atoms with E-state index in [-0.39, 0.29) is 0 Å². The van der Waals surface area contributed by atoms with Crippen LogP contribution in [0.15, 0.2) is 24.3 Å². The molecular formula is C14H22N2. The Balaban J connectivity index is 1.68. The molecule has 0 spiro atoms. The van der Waals surface area contributed by atoms with Crippen LogP contribution in [0.25, 0.3) is 0 Å². The van der Waals surface area contributed by atoms with Crippen molar-refractivity contribution in [3.05, 3.63) is 24.3 Å². The highest BCUT2D eigenvalue weighted by molar-refractivity contribution is 5.13. The number of rotatable bonds is 2. The normalized spacial score (nSPS) is 40.2. The van der Waals surface area contributed by atoms with Gasteiger partial charge in [0.2, 0.25) is 0 Å². The zero-order valence-electron chi connectivity index (χ0n) is 10.1. The van der Waals surface area contributed by atoms with E-state index < -0.39 is 0 Å². The minimum atomic E-state index is 0.705. The molecule has 2 fully saturated rings. The van der Waals surface area contributed by atoms with Crippen LogP contribution in [0.2, 0.25) is 0 Å². The second kappa shape index (κ2) is 4.34. The van der Waals surface area contributed by atoms with E-state index in [0.29, 0.717) is 6.04 Å². The lowest BCUT2D eigenvalue weighted by molar-refractivity contribution is 0.157. The van der Waals surface area contributed by atoms with Crippen molar-refractivity contribution in [3.8, 4) is 0 Å². The molecule has 2 saturated heterocycles. The predicted molar refractivity (Wildman–Crippen MR) is 67.3 cm³/mol. The first-order valence-electron chi connectivity index (χ1n) is 6.66. The first-order chi connectivity index (χ1) is 7.86. The van der Waals surface area contributed by atoms with Crippen LogP contribution in [0.1, 0.15) is 19.8 Å². The van der Waals surface area contributed by atoms with Gasteiger partial charge < -0.3 is 5.32 Å². The first-order valence-corrected chi connectivity index (χ1v) is 6.66. The third-order valence-corrected chi connectivity index (χ3v) is 4.64. The summed E-state index contributed by atoms with van der Waals surface area (Å²) in [4.78, 5) is 2.75. The van der Waals surface area contributed by atoms with E-state index in [1.165, 1.54) is 32.5 Å². The van der Waals surface area contributed by atoms with Crippen LogP contribution in [-0.2, 0) is 0 Å². The maximum absolute atomic E-state index is 3.54. The number of hydrogen-bond donors (Lipinski definition) is 1. The number of hydrogen-bond acceptors (Lipinski definition) is 2. The van der Waals surface area contributed by atoms with Gasteiger partial charge in [-0.3, -0.25) is 4.90 Å². The molecule has 0 saturated carbocycles. The molecule has 0 radical (unpaired) electrons. The summed E-state index contributed by atoms with van der Waals surface area (Å²) < 4.78 is 0. The van der Waals surface area contributed by atoms with Gasteiger partial charge in [0.25, 0.3) is 0 Å². The molecule has 2 aliphatic heterocycles. The lowest BCUT2D eigenvalue weighted by atomic mass is 9.92. The molecule has 2 heteroatoms. The quantitative estimate of drug-likeness (QED) is 0.760. The lowest BCUT2D eigenvalue weighted by Crippen LogP contribution is -2.43. The number of allylic oxidation sites excluding steroid dienone is 3. The summed E-state index contributed by atoms with van der Waals surface area (Å²) in [5.41, 5.74) is 0. The minimum absolute atomic E-state index is 0.705. The summed E-state index contributed by atoms with van der Waals surface area (Å²) in [7, 11) is 0. The molecule has 3 rings (SSSR count). The number of nitrogens with zero attached hydrogens (tertiary/aromatic N) is 1. The van der Waals surface area contributed by atoms with Crippen molar-refractivity contribution in [3.63, 3.8) is 0 Å². The summed E-state index contributed by atoms with van der Waals surface area (Å²) in [5.74, 6) is 1.65. The molecule has 88 valence electrons. The van der Waals surface area contributed by atoms with Crippen molar-refractivity contribution >= 4 is 0 Å². The molecule has 0 bridgehead atoms. The second-order valence-electron chi connectivity index (χ2n) is 5.47. The molecule has 0 aromatic rings. The molecule has 4 atom stereocenters. The molecule has 1 N–H and O–H groups in total. The highest BCUT2D eigenvalue weighted by atomic mass is 15.2. The summed E-state index contributed by atoms with van der Waals surface area (Å²) >= 11 is 0. The van der Waals surface area contributed by atoms with E-state index in [4.69, 9.17) is 0 Å². The summed E-state index contributed by atoms with van der Waals surface area (Å²) in [5, 5.41) is 3.54. The Morgan fingerprint density at radius 2 is 2.25 bits per heavy atom. The van der Waals surface area contributed by atoms with E-state index in [1.54, 1.807) is 0 Å². The number of fused-ring (bicyclic) bond motifs is 1. The smallest absolute Gasteiger partial charge is 0.0264 e. The Hall–Kier alpha value is -0.600. The van der Waals surface area contributed by atoms with Crippen molar-refractivity contribution in [2.45, 2.75) is 31.8 Å². The fourth-order valence-corrected chi connectivity index (χ4v) is 3.59. The minimum Gasteiger partial charge on any atom is -0.315 e. The van der Waals surface area contributed by atoms with Crippen molar-refractivity contribution in [1.82, 2.24) is 10.2 Å². The third-order valence-electron chi connectivity index (χ3n) is 4.64. The van der Waals surface area contributed by atoms with E-state index in [0.717, 1.165) is 17.9 Å². The van der Waals surface area contributed by atoms with Gasteiger partial charge >= 0.3 is 0 Å². The number of nitrogens with one attached hydrogen (secondary N) is 1. The zero-order valence-corrected chi connectivity index (χ0v) is 10.1. The van der Waals surface area contributed by atoms with Crippen LogP contribution in [0.5, 0.6) is 0 Å². The second-order valence-corrected chi connectivity index (χ2v) is 5.47. The van der Waals surface area contributed by atoms with Crippen LogP contribution < -0.4 is 5.32 Å². The van der Waals surface area contributed by atoms with Gasteiger partial charge in [0.1, 0.15) is 0 Å². The van der Waals surface area contributed by atoms with Gasteiger partial charge in [0, 0.05) is 18.6 Å². The number of likely N-dealkylation sites (tertiary alicyclic amines) is 1. The summed E-state index contributed by atoms with van der Waals surface area (Å²) in [6.45, 7) is 6.18. The Bertz CT molecular complexity index is 308. The standard InChI is InChI=1S/C14H22N2/c1-11(12-5-3-2-4-6-12)16-8-7-13-9-15-10-14(13)16/h2-5,11-15H,6-10H2,1H3/t11-,12?,13+,14-/m1/s1. The molecular weight excluding hydrogens is 196 g/mol. The maximum atomic E-state index is 3.54. The monoisotopic (exact) mass is 218 g/mol. The molecule has 1 unspecified atom stereocenters. The largest absolute Gasteiger partial charge is 0.315 e. The average molecular weight is 218 g/mol. The van der Waals surface area contributed by atoms with E-state index in [9.17, 15) is 0 Å². The van der Waals surface area contributed by atoms with Gasteiger partial charge in [-0.2, -0.15) is 0 Å². The lowest BCUT2D eigenvalue weighted by Gasteiger charge is -2.34. The van der Waals surface area contributed by atoms with Gasteiger partial charge in [-0.25, -0.2) is 0 Å². The molecule has 0 aromatic heterocycles. The van der Waals surface area contributed by atoms with E-state index in [1.807, 2.05) is 0 Å². The molecule has 16 heavy (non-hydrogen) atoms. The first kappa shape index (κ1) is 10.5. The van der Waals surface area contributed by atoms with Crippen LogP contribution in [-0.4, -0.2) is 36.6 Å². The van der Waals surface area contributed by atoms with Crippen molar-refractivity contribution < 1.29 is 0 Å². The highest BCUT2D eigenvalue weighted by Gasteiger charge is 2.40. The van der Waals surface area contributed by atoms with E-state index >= 15 is 0 Å². The molecule has 0 aromatic carbocycles. The zero-order chi connectivity index (χ0) is 11.0. The molecule has 0 amide bonds. The molecule has 2 nitrogen and oxygen atoms in total. The Labute approximate surface area is 98.4 Å². The SMILES string of the molecule is C[C@H](C1C=CC=CC1)N1CC[C@H]2CNC[C@H]21. The van der Waals surface area contributed by atoms with Crippen LogP contribution in [0.3, 0.4) is 0 Å².